The normalized spacial score (nSPS) is 11.4. The maximum atomic E-state index is 11.0. The summed E-state index contributed by atoms with van der Waals surface area (Å²) in [6.07, 6.45) is 0. The number of rotatable bonds is 4. The van der Waals surface area contributed by atoms with Crippen LogP contribution in [0.25, 0.3) is 21.8 Å². The van der Waals surface area contributed by atoms with Crippen molar-refractivity contribution in [3.8, 4) is 21.8 Å². The first-order valence-electron chi connectivity index (χ1n) is 6.65. The molecule has 0 amide bonds. The van der Waals surface area contributed by atoms with E-state index >= 15 is 0 Å². The summed E-state index contributed by atoms with van der Waals surface area (Å²) in [6.45, 7) is 0. The van der Waals surface area contributed by atoms with Crippen molar-refractivity contribution in [3.63, 3.8) is 0 Å². The molecule has 3 rings (SSSR count). The Kier molecular flexibility index (Phi) is 4.22. The number of nitrogens with zero attached hydrogens (tertiary/aromatic N) is 1. The summed E-state index contributed by atoms with van der Waals surface area (Å²) in [5.74, 6) is -1.12. The summed E-state index contributed by atoms with van der Waals surface area (Å²) in [7, 11) is -0.589. The summed E-state index contributed by atoms with van der Waals surface area (Å²) >= 11 is 5.90. The van der Waals surface area contributed by atoms with E-state index in [1.54, 1.807) is 12.1 Å². The van der Waals surface area contributed by atoms with Crippen molar-refractivity contribution in [2.24, 2.45) is 0 Å². The van der Waals surface area contributed by atoms with Crippen molar-refractivity contribution in [2.75, 3.05) is 0 Å². The van der Waals surface area contributed by atoms with E-state index in [0.717, 1.165) is 21.8 Å². The molecule has 0 aliphatic rings. The quantitative estimate of drug-likeness (QED) is 0.688. The molecule has 0 radical (unpaired) electrons. The van der Waals surface area contributed by atoms with Crippen LogP contribution in [-0.2, 0) is 10.5 Å². The van der Waals surface area contributed by atoms with E-state index in [1.165, 1.54) is 0 Å². The van der Waals surface area contributed by atoms with E-state index in [-0.39, 0.29) is 5.75 Å². The molecule has 0 N–H and O–H groups in total. The minimum atomic E-state index is -1.07. The Bertz CT molecular complexity index is 797. The number of hydrogen-bond donors (Lipinski definition) is 0. The number of aromatic nitrogens is 1. The zero-order chi connectivity index (χ0) is 15.5. The van der Waals surface area contributed by atoms with Gasteiger partial charge in [-0.1, -0.05) is 41.9 Å². The van der Waals surface area contributed by atoms with Crippen LogP contribution in [0.3, 0.4) is 0 Å². The first kappa shape index (κ1) is 14.8. The number of benzene rings is 2. The molecule has 0 fully saturated rings. The fourth-order valence-corrected chi connectivity index (χ4v) is 4.00. The minimum Gasteiger partial charge on any atom is -0.545 e. The van der Waals surface area contributed by atoms with Crippen LogP contribution in [-0.4, -0.2) is 11.0 Å². The van der Waals surface area contributed by atoms with Crippen LogP contribution >= 0.6 is 22.1 Å². The molecule has 1 unspecified atom stereocenters. The first-order valence-corrected chi connectivity index (χ1v) is 8.48. The van der Waals surface area contributed by atoms with Crippen LogP contribution < -0.4 is 5.11 Å². The van der Waals surface area contributed by atoms with Crippen molar-refractivity contribution in [1.82, 2.24) is 4.98 Å². The van der Waals surface area contributed by atoms with E-state index in [0.29, 0.717) is 5.02 Å². The van der Waals surface area contributed by atoms with Gasteiger partial charge in [0, 0.05) is 21.1 Å². The van der Waals surface area contributed by atoms with Crippen LogP contribution in [0.15, 0.2) is 60.0 Å². The summed E-state index contributed by atoms with van der Waals surface area (Å²) in [6, 6.07) is 17.0. The second-order valence-electron chi connectivity index (χ2n) is 4.74. The van der Waals surface area contributed by atoms with E-state index in [4.69, 9.17) is 11.6 Å². The van der Waals surface area contributed by atoms with E-state index in [1.807, 2.05) is 47.8 Å². The molecule has 0 saturated carbocycles. The van der Waals surface area contributed by atoms with Crippen LogP contribution in [0.5, 0.6) is 0 Å². The molecular weight excluding hydrogens is 318 g/mol. The third-order valence-electron chi connectivity index (χ3n) is 3.16. The van der Waals surface area contributed by atoms with Crippen molar-refractivity contribution >= 4 is 28.0 Å². The number of hydrogen-bond acceptors (Lipinski definition) is 3. The first-order chi connectivity index (χ1) is 10.6. The van der Waals surface area contributed by atoms with Crippen molar-refractivity contribution in [2.45, 2.75) is 5.75 Å². The predicted molar refractivity (Wildman–Crippen MR) is 87.6 cm³/mol. The zero-order valence-corrected chi connectivity index (χ0v) is 13.1. The monoisotopic (exact) mass is 329 g/mol. The molecule has 0 aliphatic carbocycles. The molecule has 1 atom stereocenters. The molecular formula is C17H12ClNO2S. The summed E-state index contributed by atoms with van der Waals surface area (Å²) in [5, 5.41) is 14.4. The van der Waals surface area contributed by atoms with Gasteiger partial charge in [0.1, 0.15) is 5.69 Å². The zero-order valence-electron chi connectivity index (χ0n) is 11.5. The van der Waals surface area contributed by atoms with Crippen molar-refractivity contribution < 1.29 is 9.90 Å². The molecule has 2 aromatic carbocycles. The van der Waals surface area contributed by atoms with Gasteiger partial charge in [0.25, 0.3) is 5.01 Å². The van der Waals surface area contributed by atoms with Gasteiger partial charge in [0.2, 0.25) is 0 Å². The average molecular weight is 330 g/mol. The fourth-order valence-electron chi connectivity index (χ4n) is 2.17. The number of carboxylic acid groups (broad SMARTS) is 1. The van der Waals surface area contributed by atoms with Gasteiger partial charge in [-0.25, -0.2) is 0 Å². The standard InChI is InChI=1S/C17H12ClNO2S/c18-14-8-6-12(7-9-14)15-10-22(11-16(20)21)17(19-15)13-4-2-1-3-5-13/h1-10H,11H2. The molecule has 3 aromatic rings. The molecule has 3 nitrogen and oxygen atoms in total. The number of thiazole rings is 1. The van der Waals surface area contributed by atoms with Gasteiger partial charge in [-0.3, -0.25) is 0 Å². The Morgan fingerprint density at radius 2 is 1.73 bits per heavy atom. The highest BCUT2D eigenvalue weighted by Crippen LogP contribution is 2.38. The van der Waals surface area contributed by atoms with Gasteiger partial charge in [0.15, 0.2) is 11.1 Å². The number of halogens is 1. The fraction of sp³-hybridized carbons (Fsp3) is 0.0588. The molecule has 0 aliphatic heterocycles. The molecule has 1 heterocycles. The Labute approximate surface area is 135 Å². The lowest BCUT2D eigenvalue weighted by Gasteiger charge is -1.96. The highest BCUT2D eigenvalue weighted by Gasteiger charge is 2.22. The number of carboxylic acids is 1. The third-order valence-corrected chi connectivity index (χ3v) is 5.29. The third kappa shape index (κ3) is 3.18. The second-order valence-corrected chi connectivity index (χ2v) is 6.94. The highest BCUT2D eigenvalue weighted by molar-refractivity contribution is 7.33. The molecule has 110 valence electrons. The molecule has 0 spiro atoms. The van der Waals surface area contributed by atoms with Gasteiger partial charge >= 0.3 is 0 Å². The van der Waals surface area contributed by atoms with Gasteiger partial charge in [-0.2, -0.15) is 4.98 Å². The molecule has 22 heavy (non-hydrogen) atoms. The molecule has 0 bridgehead atoms. The lowest BCUT2D eigenvalue weighted by atomic mass is 10.2. The summed E-state index contributed by atoms with van der Waals surface area (Å²) in [5.41, 5.74) is 2.64. The lowest BCUT2D eigenvalue weighted by molar-refractivity contribution is -0.303. The number of carbonyl (C=O) groups excluding carboxylic acids is 1. The Morgan fingerprint density at radius 3 is 2.36 bits per heavy atom. The Balaban J connectivity index is 2.08. The largest absolute Gasteiger partial charge is 0.545 e. The topological polar surface area (TPSA) is 53.0 Å². The number of aliphatic carboxylic acids is 1. The van der Waals surface area contributed by atoms with Crippen LogP contribution in [0.4, 0.5) is 0 Å². The van der Waals surface area contributed by atoms with E-state index in [2.05, 4.69) is 4.98 Å². The van der Waals surface area contributed by atoms with Gasteiger partial charge in [-0.15, -0.1) is 0 Å². The van der Waals surface area contributed by atoms with Crippen molar-refractivity contribution in [1.29, 1.82) is 0 Å². The van der Waals surface area contributed by atoms with Crippen LogP contribution in [0, 0.1) is 0 Å². The van der Waals surface area contributed by atoms with Gasteiger partial charge < -0.3 is 9.90 Å². The molecule has 0 saturated heterocycles. The summed E-state index contributed by atoms with van der Waals surface area (Å²) in [4.78, 5) is 15.7. The van der Waals surface area contributed by atoms with Crippen LogP contribution in [0.2, 0.25) is 5.02 Å². The maximum absolute atomic E-state index is 11.0. The second kappa shape index (κ2) is 6.30. The minimum absolute atomic E-state index is 0.0508. The molecule has 1 aromatic heterocycles. The maximum Gasteiger partial charge on any atom is 0.274 e. The smallest absolute Gasteiger partial charge is 0.274 e. The SMILES string of the molecule is O=C([O-])C[s+]1cc(-c2ccc(Cl)cc2)nc1-c1ccccc1. The van der Waals surface area contributed by atoms with E-state index in [9.17, 15) is 9.90 Å². The molecule has 5 heteroatoms. The lowest BCUT2D eigenvalue weighted by Crippen LogP contribution is -2.22. The van der Waals surface area contributed by atoms with Gasteiger partial charge in [-0.05, 0) is 24.3 Å². The average Bonchev–Trinajstić information content (AvgIpc) is 2.92. The summed E-state index contributed by atoms with van der Waals surface area (Å²) < 4.78 is 0. The Morgan fingerprint density at radius 1 is 1.05 bits per heavy atom. The highest BCUT2D eigenvalue weighted by atomic mass is 35.5. The van der Waals surface area contributed by atoms with Crippen LogP contribution in [0.1, 0.15) is 0 Å². The van der Waals surface area contributed by atoms with Crippen molar-refractivity contribution in [3.05, 3.63) is 65.0 Å². The van der Waals surface area contributed by atoms with Gasteiger partial charge in [0.05, 0.1) is 11.5 Å². The Hall–Kier alpha value is -2.17. The number of carbonyl (C=O) groups is 1. The van der Waals surface area contributed by atoms with E-state index < -0.39 is 16.4 Å². The predicted octanol–water partition coefficient (Wildman–Crippen LogP) is 3.57.